The van der Waals surface area contributed by atoms with Gasteiger partial charge < -0.3 is 20.3 Å². The topological polar surface area (TPSA) is 95.9 Å². The zero-order valence-corrected chi connectivity index (χ0v) is 50.5. The standard InChI is InChI=1S/C69H131NO5/c1-3-5-7-9-11-13-15-17-19-34-37-41-45-49-53-57-61-67(72)66(65-71)70-68(73)62-58-54-50-46-42-38-35-32-30-28-26-24-22-20-21-23-25-27-29-31-33-36-40-44-48-52-56-60-64-75-69(74)63-59-55-51-47-43-39-18-16-14-12-10-8-6-4-2/h16,18,20-21,57,61,66-67,71-72H,3-15,17,19,22-56,58-60,62-65H2,1-2H3,(H,70,73)/b18-16-,21-20-,61-57+. The zero-order valence-electron chi connectivity index (χ0n) is 50.5. The van der Waals surface area contributed by atoms with Crippen molar-refractivity contribution in [3.05, 3.63) is 36.5 Å². The van der Waals surface area contributed by atoms with Crippen molar-refractivity contribution in [1.29, 1.82) is 0 Å². The van der Waals surface area contributed by atoms with Gasteiger partial charge in [0.25, 0.3) is 0 Å². The molecule has 2 atom stereocenters. The first-order valence-corrected chi connectivity index (χ1v) is 33.8. The SMILES string of the molecule is CCCCCCC/C=C\CCCCCCCC(=O)OCCCCCCCCCCCCCC/C=C\CCCCCCCCCCCCCCC(=O)NC(CO)C(O)/C=C/CCCCCCCCCCCCCCCC. The number of esters is 1. The molecule has 0 aliphatic heterocycles. The van der Waals surface area contributed by atoms with E-state index in [0.29, 0.717) is 19.4 Å². The van der Waals surface area contributed by atoms with Gasteiger partial charge >= 0.3 is 5.97 Å². The Morgan fingerprint density at radius 2 is 0.627 bits per heavy atom. The predicted molar refractivity (Wildman–Crippen MR) is 329 cm³/mol. The molecular weight excluding hydrogens is 923 g/mol. The second kappa shape index (κ2) is 64.6. The number of carbonyl (C=O) groups excluding carboxylic acids is 2. The number of allylic oxidation sites excluding steroid dienone is 5. The highest BCUT2D eigenvalue weighted by Crippen LogP contribution is 2.18. The minimum Gasteiger partial charge on any atom is -0.466 e. The quantitative estimate of drug-likeness (QED) is 0.0320. The number of amides is 1. The fourth-order valence-electron chi connectivity index (χ4n) is 10.4. The van der Waals surface area contributed by atoms with Gasteiger partial charge in [0.2, 0.25) is 5.91 Å². The van der Waals surface area contributed by atoms with Crippen molar-refractivity contribution in [2.24, 2.45) is 0 Å². The van der Waals surface area contributed by atoms with Crippen molar-refractivity contribution in [1.82, 2.24) is 5.32 Å². The van der Waals surface area contributed by atoms with E-state index in [4.69, 9.17) is 4.74 Å². The van der Waals surface area contributed by atoms with Gasteiger partial charge in [0, 0.05) is 12.8 Å². The van der Waals surface area contributed by atoms with E-state index in [9.17, 15) is 19.8 Å². The monoisotopic (exact) mass is 1050 g/mol. The highest BCUT2D eigenvalue weighted by molar-refractivity contribution is 5.76. The molecule has 0 saturated carbocycles. The fraction of sp³-hybridized carbons (Fsp3) is 0.884. The van der Waals surface area contributed by atoms with Crippen LogP contribution in [0.5, 0.6) is 0 Å². The van der Waals surface area contributed by atoms with Crippen LogP contribution in [-0.2, 0) is 14.3 Å². The molecule has 0 radical (unpaired) electrons. The Morgan fingerprint density at radius 3 is 0.947 bits per heavy atom. The summed E-state index contributed by atoms with van der Waals surface area (Å²) in [6.07, 6.45) is 82.1. The molecule has 1 amide bonds. The molecule has 75 heavy (non-hydrogen) atoms. The van der Waals surface area contributed by atoms with Gasteiger partial charge in [0.05, 0.1) is 25.4 Å². The summed E-state index contributed by atoms with van der Waals surface area (Å²) in [6, 6.07) is -0.628. The maximum absolute atomic E-state index is 12.5. The van der Waals surface area contributed by atoms with Gasteiger partial charge in [-0.05, 0) is 83.5 Å². The normalized spacial score (nSPS) is 12.7. The number of hydrogen-bond acceptors (Lipinski definition) is 5. The minimum atomic E-state index is -0.844. The third kappa shape index (κ3) is 61.2. The molecule has 0 rings (SSSR count). The summed E-state index contributed by atoms with van der Waals surface area (Å²) in [4.78, 5) is 24.5. The Kier molecular flexibility index (Phi) is 63.0. The number of rotatable bonds is 63. The molecule has 0 bridgehead atoms. The molecule has 0 saturated heterocycles. The summed E-state index contributed by atoms with van der Waals surface area (Å²) in [5.74, 6) is -0.0588. The molecule has 2 unspecified atom stereocenters. The summed E-state index contributed by atoms with van der Waals surface area (Å²) in [6.45, 7) is 4.91. The average Bonchev–Trinajstić information content (AvgIpc) is 3.41. The molecule has 0 aliphatic carbocycles. The maximum Gasteiger partial charge on any atom is 0.305 e. The molecule has 442 valence electrons. The Labute approximate surface area is 468 Å². The lowest BCUT2D eigenvalue weighted by Crippen LogP contribution is -2.45. The maximum atomic E-state index is 12.5. The lowest BCUT2D eigenvalue weighted by Gasteiger charge is -2.20. The first-order chi connectivity index (χ1) is 37.0. The van der Waals surface area contributed by atoms with Gasteiger partial charge in [0.1, 0.15) is 0 Å². The van der Waals surface area contributed by atoms with Crippen LogP contribution in [0, 0.1) is 0 Å². The summed E-state index contributed by atoms with van der Waals surface area (Å²) in [5, 5.41) is 23.2. The van der Waals surface area contributed by atoms with Crippen molar-refractivity contribution in [2.45, 2.75) is 379 Å². The molecule has 0 aromatic rings. The van der Waals surface area contributed by atoms with Gasteiger partial charge in [-0.15, -0.1) is 0 Å². The van der Waals surface area contributed by atoms with Crippen LogP contribution in [0.25, 0.3) is 0 Å². The third-order valence-electron chi connectivity index (χ3n) is 15.6. The van der Waals surface area contributed by atoms with Crippen LogP contribution in [0.1, 0.15) is 367 Å². The van der Waals surface area contributed by atoms with Crippen molar-refractivity contribution in [3.63, 3.8) is 0 Å². The van der Waals surface area contributed by atoms with Crippen LogP contribution in [-0.4, -0.2) is 47.4 Å². The van der Waals surface area contributed by atoms with Crippen molar-refractivity contribution in [2.75, 3.05) is 13.2 Å². The smallest absolute Gasteiger partial charge is 0.305 e. The molecule has 0 spiro atoms. The van der Waals surface area contributed by atoms with Gasteiger partial charge in [-0.25, -0.2) is 0 Å². The van der Waals surface area contributed by atoms with Crippen molar-refractivity contribution < 1.29 is 24.5 Å². The number of ether oxygens (including phenoxy) is 1. The number of hydrogen-bond donors (Lipinski definition) is 3. The number of aliphatic hydroxyl groups is 2. The van der Waals surface area contributed by atoms with E-state index in [2.05, 4.69) is 43.5 Å². The van der Waals surface area contributed by atoms with Crippen LogP contribution >= 0.6 is 0 Å². The fourth-order valence-corrected chi connectivity index (χ4v) is 10.4. The second-order valence-electron chi connectivity index (χ2n) is 23.1. The number of unbranched alkanes of at least 4 members (excludes halogenated alkanes) is 48. The number of aliphatic hydroxyl groups excluding tert-OH is 2. The summed E-state index contributed by atoms with van der Waals surface area (Å²) < 4.78 is 5.48. The molecule has 0 heterocycles. The predicted octanol–water partition coefficient (Wildman–Crippen LogP) is 21.5. The zero-order chi connectivity index (χ0) is 54.3. The first-order valence-electron chi connectivity index (χ1n) is 33.8. The largest absolute Gasteiger partial charge is 0.466 e. The Hall–Kier alpha value is -1.92. The molecule has 0 aromatic carbocycles. The number of nitrogens with one attached hydrogen (secondary N) is 1. The molecular formula is C69H131NO5. The molecule has 6 nitrogen and oxygen atoms in total. The van der Waals surface area contributed by atoms with Gasteiger partial charge in [-0.3, -0.25) is 9.59 Å². The summed E-state index contributed by atoms with van der Waals surface area (Å²) in [5.41, 5.74) is 0. The van der Waals surface area contributed by atoms with E-state index in [1.54, 1.807) is 6.08 Å². The van der Waals surface area contributed by atoms with Crippen molar-refractivity contribution in [3.8, 4) is 0 Å². The van der Waals surface area contributed by atoms with Gasteiger partial charge in [-0.2, -0.15) is 0 Å². The lowest BCUT2D eigenvalue weighted by molar-refractivity contribution is -0.143. The molecule has 0 fully saturated rings. The lowest BCUT2D eigenvalue weighted by atomic mass is 10.0. The highest BCUT2D eigenvalue weighted by Gasteiger charge is 2.18. The van der Waals surface area contributed by atoms with Crippen LogP contribution < -0.4 is 5.32 Å². The van der Waals surface area contributed by atoms with Crippen LogP contribution in [0.15, 0.2) is 36.5 Å². The van der Waals surface area contributed by atoms with Crippen LogP contribution in [0.3, 0.4) is 0 Å². The summed E-state index contributed by atoms with van der Waals surface area (Å²) in [7, 11) is 0. The highest BCUT2D eigenvalue weighted by atomic mass is 16.5. The first kappa shape index (κ1) is 73.1. The third-order valence-corrected chi connectivity index (χ3v) is 15.6. The molecule has 3 N–H and O–H groups in total. The Balaban J connectivity index is 3.40. The van der Waals surface area contributed by atoms with Crippen LogP contribution in [0.2, 0.25) is 0 Å². The Morgan fingerprint density at radius 1 is 0.360 bits per heavy atom. The molecule has 0 aliphatic rings. The van der Waals surface area contributed by atoms with Gasteiger partial charge in [0.15, 0.2) is 0 Å². The Bertz CT molecular complexity index is 1210. The van der Waals surface area contributed by atoms with Crippen LogP contribution in [0.4, 0.5) is 0 Å². The van der Waals surface area contributed by atoms with E-state index in [0.717, 1.165) is 44.9 Å². The molecule has 6 heteroatoms. The second-order valence-corrected chi connectivity index (χ2v) is 23.1. The molecule has 0 aromatic heterocycles. The van der Waals surface area contributed by atoms with Gasteiger partial charge in [-0.1, -0.05) is 307 Å². The minimum absolute atomic E-state index is 0.00710. The van der Waals surface area contributed by atoms with Crippen molar-refractivity contribution >= 4 is 11.9 Å². The van der Waals surface area contributed by atoms with E-state index in [1.807, 2.05) is 6.08 Å². The van der Waals surface area contributed by atoms with E-state index in [-0.39, 0.29) is 18.5 Å². The summed E-state index contributed by atoms with van der Waals surface area (Å²) >= 11 is 0. The average molecular weight is 1050 g/mol. The van der Waals surface area contributed by atoms with E-state index in [1.165, 1.54) is 295 Å². The van der Waals surface area contributed by atoms with E-state index >= 15 is 0 Å². The van der Waals surface area contributed by atoms with E-state index < -0.39 is 12.1 Å². The number of carbonyl (C=O) groups is 2.